The smallest absolute Gasteiger partial charge is 0.143 e. The van der Waals surface area contributed by atoms with Gasteiger partial charge in [0.1, 0.15) is 17.8 Å². The Hall–Kier alpha value is -2.16. The summed E-state index contributed by atoms with van der Waals surface area (Å²) in [5, 5.41) is 0.837. The fourth-order valence-electron chi connectivity index (χ4n) is 3.71. The maximum Gasteiger partial charge on any atom is 0.143 e. The highest BCUT2D eigenvalue weighted by Gasteiger charge is 2.23. The van der Waals surface area contributed by atoms with Crippen molar-refractivity contribution in [1.82, 2.24) is 29.6 Å². The second-order valence-electron chi connectivity index (χ2n) is 7.74. The number of anilines is 1. The van der Waals surface area contributed by atoms with Crippen molar-refractivity contribution in [2.45, 2.75) is 32.2 Å². The van der Waals surface area contributed by atoms with Crippen LogP contribution in [0.5, 0.6) is 0 Å². The van der Waals surface area contributed by atoms with E-state index < -0.39 is 0 Å². The normalized spacial score (nSPS) is 16.7. The molecule has 7 nitrogen and oxygen atoms in total. The average Bonchev–Trinajstić information content (AvgIpc) is 3.10. The third-order valence-corrected chi connectivity index (χ3v) is 6.15. The fraction of sp³-hybridized carbons (Fsp3) is 0.476. The molecule has 0 amide bonds. The summed E-state index contributed by atoms with van der Waals surface area (Å²) in [5.41, 5.74) is 9.77. The number of likely N-dealkylation sites (tertiary alicyclic amines) is 1. The van der Waals surface area contributed by atoms with Gasteiger partial charge in [0.15, 0.2) is 0 Å². The number of hydrogen-bond donors (Lipinski definition) is 3. The molecule has 1 aliphatic heterocycles. The topological polar surface area (TPSA) is 95.8 Å². The van der Waals surface area contributed by atoms with Crippen LogP contribution in [0.4, 0.5) is 5.82 Å². The average molecular weight is 412 g/mol. The highest BCUT2D eigenvalue weighted by Crippen LogP contribution is 2.30. The zero-order valence-corrected chi connectivity index (χ0v) is 17.7. The minimum atomic E-state index is 0.471. The summed E-state index contributed by atoms with van der Waals surface area (Å²) in [6.45, 7) is 4.95. The van der Waals surface area contributed by atoms with E-state index in [0.717, 1.165) is 40.2 Å². The van der Waals surface area contributed by atoms with Gasteiger partial charge >= 0.3 is 0 Å². The van der Waals surface area contributed by atoms with Gasteiger partial charge in [-0.1, -0.05) is 18.4 Å². The van der Waals surface area contributed by atoms with Crippen LogP contribution in [0.15, 0.2) is 31.0 Å². The summed E-state index contributed by atoms with van der Waals surface area (Å²) in [6, 6.07) is 2.09. The van der Waals surface area contributed by atoms with Gasteiger partial charge in [-0.15, -0.1) is 0 Å². The van der Waals surface area contributed by atoms with E-state index in [2.05, 4.69) is 35.6 Å². The zero-order valence-electron chi connectivity index (χ0n) is 16.9. The van der Waals surface area contributed by atoms with E-state index in [1.54, 1.807) is 11.9 Å². The second kappa shape index (κ2) is 9.56. The molecule has 8 heteroatoms. The molecule has 0 radical (unpaired) electrons. The van der Waals surface area contributed by atoms with Crippen LogP contribution < -0.4 is 10.5 Å². The number of hydrogen-bond acceptors (Lipinski definition) is 7. The van der Waals surface area contributed by atoms with Crippen LogP contribution in [0.2, 0.25) is 0 Å². The maximum atomic E-state index is 5.95. The van der Waals surface area contributed by atoms with Crippen molar-refractivity contribution in [2.24, 2.45) is 5.92 Å². The first-order valence-corrected chi connectivity index (χ1v) is 11.5. The lowest BCUT2D eigenvalue weighted by molar-refractivity contribution is 0.121. The van der Waals surface area contributed by atoms with Gasteiger partial charge in [-0.25, -0.2) is 9.97 Å². The number of aromatic amines is 1. The van der Waals surface area contributed by atoms with Crippen molar-refractivity contribution in [3.05, 3.63) is 36.5 Å². The maximum absolute atomic E-state index is 5.95. The quantitative estimate of drug-likeness (QED) is 0.535. The molecule has 3 aromatic heterocycles. The number of aromatic nitrogens is 4. The fourth-order valence-corrected chi connectivity index (χ4v) is 4.02. The van der Waals surface area contributed by atoms with Crippen LogP contribution in [-0.4, -0.2) is 50.7 Å². The number of H-pyrrole nitrogens is 1. The van der Waals surface area contributed by atoms with Crippen LogP contribution in [0, 0.1) is 5.92 Å². The number of pyridine rings is 1. The van der Waals surface area contributed by atoms with E-state index >= 15 is 0 Å². The van der Waals surface area contributed by atoms with Gasteiger partial charge in [-0.05, 0) is 56.2 Å². The summed E-state index contributed by atoms with van der Waals surface area (Å²) in [5.74, 6) is 1.56. The molecule has 0 unspecified atom stereocenters. The van der Waals surface area contributed by atoms with E-state index in [9.17, 15) is 0 Å². The number of rotatable bonds is 6. The molecule has 0 atom stereocenters. The van der Waals surface area contributed by atoms with Gasteiger partial charge in [-0.3, -0.25) is 9.71 Å². The highest BCUT2D eigenvalue weighted by molar-refractivity contribution is 7.96. The Morgan fingerprint density at radius 3 is 2.79 bits per heavy atom. The van der Waals surface area contributed by atoms with Gasteiger partial charge in [0, 0.05) is 42.8 Å². The molecule has 29 heavy (non-hydrogen) atoms. The Balaban J connectivity index is 0.000000188. The van der Waals surface area contributed by atoms with E-state index in [1.165, 1.54) is 51.6 Å². The predicted molar refractivity (Wildman–Crippen MR) is 120 cm³/mol. The lowest BCUT2D eigenvalue weighted by Crippen LogP contribution is -2.41. The van der Waals surface area contributed by atoms with Crippen LogP contribution in [0.25, 0.3) is 22.2 Å². The molecule has 1 saturated heterocycles. The van der Waals surface area contributed by atoms with Crippen molar-refractivity contribution >= 4 is 28.8 Å². The zero-order chi connectivity index (χ0) is 20.1. The summed E-state index contributed by atoms with van der Waals surface area (Å²) in [6.07, 6.45) is 15.0. The molecule has 2 fully saturated rings. The van der Waals surface area contributed by atoms with Gasteiger partial charge < -0.3 is 15.6 Å². The molecular weight excluding hydrogens is 382 g/mol. The largest absolute Gasteiger partial charge is 0.383 e. The van der Waals surface area contributed by atoms with Crippen LogP contribution >= 0.6 is 11.9 Å². The first-order valence-electron chi connectivity index (χ1n) is 10.2. The minimum Gasteiger partial charge on any atom is -0.383 e. The summed E-state index contributed by atoms with van der Waals surface area (Å²) < 4.78 is 3.21. The standard InChI is InChI=1S/C13H14N6S.C8H15N/c1-20-19-4-8-2-9(5-15-3-8)10-6-16-13-11(10)12(14)17-7-18-13;1-3-8(4-1)7-9-5-2-6-9/h2-3,5-7,19H,4H2,1H3,(H3,14,16,17,18);8H,1-7H2. The SMILES string of the molecule is C1CC(CN2CCC2)C1.CSNCc1cncc(-c2c[nH]c3ncnc(N)c23)c1. The monoisotopic (exact) mass is 411 g/mol. The summed E-state index contributed by atoms with van der Waals surface area (Å²) in [4.78, 5) is 18.2. The molecule has 1 aliphatic carbocycles. The van der Waals surface area contributed by atoms with Crippen molar-refractivity contribution in [2.75, 3.05) is 31.6 Å². The second-order valence-corrected chi connectivity index (χ2v) is 8.44. The van der Waals surface area contributed by atoms with Gasteiger partial charge in [0.05, 0.1) is 5.39 Å². The lowest BCUT2D eigenvalue weighted by atomic mass is 9.84. The van der Waals surface area contributed by atoms with E-state index in [4.69, 9.17) is 5.73 Å². The molecule has 1 saturated carbocycles. The number of fused-ring (bicyclic) bond motifs is 1. The molecule has 154 valence electrons. The van der Waals surface area contributed by atoms with E-state index in [-0.39, 0.29) is 0 Å². The molecular formula is C21H29N7S. The third kappa shape index (κ3) is 4.88. The summed E-state index contributed by atoms with van der Waals surface area (Å²) in [7, 11) is 0. The predicted octanol–water partition coefficient (Wildman–Crippen LogP) is 3.46. The van der Waals surface area contributed by atoms with Crippen LogP contribution in [0.3, 0.4) is 0 Å². The van der Waals surface area contributed by atoms with E-state index in [1.807, 2.05) is 24.8 Å². The molecule has 0 bridgehead atoms. The van der Waals surface area contributed by atoms with Crippen LogP contribution in [-0.2, 0) is 6.54 Å². The number of nitrogens with zero attached hydrogens (tertiary/aromatic N) is 4. The van der Waals surface area contributed by atoms with Gasteiger partial charge in [0.25, 0.3) is 0 Å². The number of nitrogen functional groups attached to an aromatic ring is 1. The first kappa shape index (κ1) is 20.1. The first-order chi connectivity index (χ1) is 14.2. The Morgan fingerprint density at radius 1 is 1.24 bits per heavy atom. The molecule has 0 aromatic carbocycles. The molecule has 2 aliphatic rings. The lowest BCUT2D eigenvalue weighted by Gasteiger charge is -2.37. The Morgan fingerprint density at radius 2 is 2.10 bits per heavy atom. The minimum absolute atomic E-state index is 0.471. The molecule has 0 spiro atoms. The van der Waals surface area contributed by atoms with Crippen molar-refractivity contribution in [3.63, 3.8) is 0 Å². The summed E-state index contributed by atoms with van der Waals surface area (Å²) >= 11 is 1.58. The molecule has 4 N–H and O–H groups in total. The highest BCUT2D eigenvalue weighted by atomic mass is 32.2. The third-order valence-electron chi connectivity index (χ3n) is 5.72. The van der Waals surface area contributed by atoms with Gasteiger partial charge in [-0.2, -0.15) is 0 Å². The van der Waals surface area contributed by atoms with Crippen molar-refractivity contribution in [1.29, 1.82) is 0 Å². The molecule has 3 aromatic rings. The van der Waals surface area contributed by atoms with Crippen LogP contribution in [0.1, 0.15) is 31.2 Å². The Bertz CT molecular complexity index is 922. The molecule has 5 rings (SSSR count). The Kier molecular flexibility index (Phi) is 6.63. The van der Waals surface area contributed by atoms with E-state index in [0.29, 0.717) is 5.82 Å². The molecule has 4 heterocycles. The van der Waals surface area contributed by atoms with Gasteiger partial charge in [0.2, 0.25) is 0 Å². The van der Waals surface area contributed by atoms with Crippen molar-refractivity contribution in [3.8, 4) is 11.1 Å². The van der Waals surface area contributed by atoms with Crippen molar-refractivity contribution < 1.29 is 0 Å². The Labute approximate surface area is 176 Å². The number of nitrogens with one attached hydrogen (secondary N) is 2. The number of nitrogens with two attached hydrogens (primary N) is 1.